The topological polar surface area (TPSA) is 63.2 Å². The summed E-state index contributed by atoms with van der Waals surface area (Å²) in [5.74, 6) is 0.429. The van der Waals surface area contributed by atoms with E-state index < -0.39 is 9.84 Å². The molecule has 1 aromatic carbocycles. The largest absolute Gasteiger partial charge is 0.349 e. The monoisotopic (exact) mass is 295 g/mol. The highest BCUT2D eigenvalue weighted by Gasteiger charge is 2.23. The van der Waals surface area contributed by atoms with Gasteiger partial charge in [0.1, 0.15) is 0 Å². The highest BCUT2D eigenvalue weighted by atomic mass is 32.2. The second-order valence-corrected chi connectivity index (χ2v) is 7.62. The molecule has 5 heteroatoms. The van der Waals surface area contributed by atoms with E-state index in [1.54, 1.807) is 12.1 Å². The van der Waals surface area contributed by atoms with Gasteiger partial charge in [0.25, 0.3) is 5.91 Å². The third-order valence-corrected chi connectivity index (χ3v) is 5.14. The number of rotatable bonds is 4. The Morgan fingerprint density at radius 3 is 2.25 bits per heavy atom. The minimum absolute atomic E-state index is 0.135. The van der Waals surface area contributed by atoms with E-state index in [1.165, 1.54) is 37.8 Å². The molecule has 0 aromatic heterocycles. The van der Waals surface area contributed by atoms with Crippen molar-refractivity contribution in [2.75, 3.05) is 6.26 Å². The molecule has 1 atom stereocenters. The van der Waals surface area contributed by atoms with Gasteiger partial charge in [0, 0.05) is 17.9 Å². The lowest BCUT2D eigenvalue weighted by Gasteiger charge is -2.20. The van der Waals surface area contributed by atoms with Crippen LogP contribution in [-0.2, 0) is 9.84 Å². The molecule has 20 heavy (non-hydrogen) atoms. The summed E-state index contributed by atoms with van der Waals surface area (Å²) in [4.78, 5) is 12.3. The van der Waals surface area contributed by atoms with Gasteiger partial charge in [-0.15, -0.1) is 0 Å². The fourth-order valence-electron chi connectivity index (χ4n) is 2.72. The number of benzene rings is 1. The first-order valence-electron chi connectivity index (χ1n) is 6.99. The van der Waals surface area contributed by atoms with E-state index in [-0.39, 0.29) is 16.8 Å². The van der Waals surface area contributed by atoms with Gasteiger partial charge in [-0.2, -0.15) is 0 Å². The maximum absolute atomic E-state index is 12.1. The predicted molar refractivity (Wildman–Crippen MR) is 78.4 cm³/mol. The lowest BCUT2D eigenvalue weighted by molar-refractivity contribution is 0.0927. The Hall–Kier alpha value is -1.36. The van der Waals surface area contributed by atoms with E-state index in [9.17, 15) is 13.2 Å². The lowest BCUT2D eigenvalue weighted by Crippen LogP contribution is -2.37. The van der Waals surface area contributed by atoms with Crippen LogP contribution in [0.25, 0.3) is 0 Å². The number of nitrogens with one attached hydrogen (secondary N) is 1. The third-order valence-electron chi connectivity index (χ3n) is 4.01. The normalized spacial score (nSPS) is 17.9. The molecule has 0 saturated heterocycles. The SMILES string of the molecule is C[C@@H](NC(=O)c1ccc(S(C)(=O)=O)cc1)C1CCCC1. The molecule has 4 nitrogen and oxygen atoms in total. The van der Waals surface area contributed by atoms with E-state index >= 15 is 0 Å². The highest BCUT2D eigenvalue weighted by molar-refractivity contribution is 7.90. The molecule has 1 saturated carbocycles. The molecule has 1 amide bonds. The van der Waals surface area contributed by atoms with Crippen molar-refractivity contribution in [2.24, 2.45) is 5.92 Å². The quantitative estimate of drug-likeness (QED) is 0.927. The van der Waals surface area contributed by atoms with Crippen molar-refractivity contribution < 1.29 is 13.2 Å². The van der Waals surface area contributed by atoms with Gasteiger partial charge in [-0.1, -0.05) is 12.8 Å². The molecule has 0 radical (unpaired) electrons. The van der Waals surface area contributed by atoms with Crippen LogP contribution in [0.5, 0.6) is 0 Å². The molecule has 1 aliphatic rings. The molecule has 1 N–H and O–H groups in total. The highest BCUT2D eigenvalue weighted by Crippen LogP contribution is 2.27. The van der Waals surface area contributed by atoms with Crippen LogP contribution in [0.15, 0.2) is 29.2 Å². The average molecular weight is 295 g/mol. The van der Waals surface area contributed by atoms with Gasteiger partial charge in [-0.05, 0) is 49.9 Å². The van der Waals surface area contributed by atoms with Crippen LogP contribution in [0.2, 0.25) is 0 Å². The van der Waals surface area contributed by atoms with Gasteiger partial charge in [-0.3, -0.25) is 4.79 Å². The zero-order chi connectivity index (χ0) is 14.8. The molecule has 0 aliphatic heterocycles. The van der Waals surface area contributed by atoms with Crippen molar-refractivity contribution >= 4 is 15.7 Å². The molecular formula is C15H21NO3S. The number of carbonyl (C=O) groups excluding carboxylic acids is 1. The molecule has 1 fully saturated rings. The second-order valence-electron chi connectivity index (χ2n) is 5.60. The fraction of sp³-hybridized carbons (Fsp3) is 0.533. The zero-order valence-corrected chi connectivity index (χ0v) is 12.7. The summed E-state index contributed by atoms with van der Waals surface area (Å²) in [5, 5.41) is 3.01. The maximum Gasteiger partial charge on any atom is 0.251 e. The van der Waals surface area contributed by atoms with Crippen LogP contribution in [0.4, 0.5) is 0 Å². The number of sulfone groups is 1. The molecule has 1 aromatic rings. The molecular weight excluding hydrogens is 274 g/mol. The minimum atomic E-state index is -3.21. The summed E-state index contributed by atoms with van der Waals surface area (Å²) in [5.41, 5.74) is 0.502. The van der Waals surface area contributed by atoms with Gasteiger partial charge < -0.3 is 5.32 Å². The van der Waals surface area contributed by atoms with Crippen LogP contribution in [0.1, 0.15) is 43.0 Å². The Kier molecular flexibility index (Phi) is 4.48. The van der Waals surface area contributed by atoms with Gasteiger partial charge in [0.2, 0.25) is 0 Å². The minimum Gasteiger partial charge on any atom is -0.349 e. The summed E-state index contributed by atoms with van der Waals surface area (Å²) < 4.78 is 22.7. The first-order chi connectivity index (χ1) is 9.38. The first-order valence-corrected chi connectivity index (χ1v) is 8.88. The summed E-state index contributed by atoms with van der Waals surface area (Å²) >= 11 is 0. The van der Waals surface area contributed by atoms with E-state index in [0.717, 1.165) is 6.26 Å². The van der Waals surface area contributed by atoms with Gasteiger partial charge in [0.15, 0.2) is 9.84 Å². The number of hydrogen-bond acceptors (Lipinski definition) is 3. The Bertz CT molecular complexity index is 572. The Balaban J connectivity index is 2.02. The zero-order valence-electron chi connectivity index (χ0n) is 11.9. The van der Waals surface area contributed by atoms with Crippen LogP contribution >= 0.6 is 0 Å². The van der Waals surface area contributed by atoms with Gasteiger partial charge in [0.05, 0.1) is 4.90 Å². The molecule has 0 unspecified atom stereocenters. The van der Waals surface area contributed by atoms with Crippen molar-refractivity contribution in [1.29, 1.82) is 0 Å². The summed E-state index contributed by atoms with van der Waals surface area (Å²) in [7, 11) is -3.21. The smallest absolute Gasteiger partial charge is 0.251 e. The summed E-state index contributed by atoms with van der Waals surface area (Å²) in [6.07, 6.45) is 6.00. The number of carbonyl (C=O) groups is 1. The summed E-state index contributed by atoms with van der Waals surface area (Å²) in [6.45, 7) is 2.04. The summed E-state index contributed by atoms with van der Waals surface area (Å²) in [6, 6.07) is 6.24. The van der Waals surface area contributed by atoms with Crippen LogP contribution in [-0.4, -0.2) is 26.6 Å². The van der Waals surface area contributed by atoms with Crippen LogP contribution < -0.4 is 5.32 Å². The van der Waals surface area contributed by atoms with Crippen molar-refractivity contribution in [3.05, 3.63) is 29.8 Å². The van der Waals surface area contributed by atoms with Crippen molar-refractivity contribution in [1.82, 2.24) is 5.32 Å². The average Bonchev–Trinajstić information content (AvgIpc) is 2.91. The molecule has 110 valence electrons. The third kappa shape index (κ3) is 3.60. The standard InChI is InChI=1S/C15H21NO3S/c1-11(12-5-3-4-6-12)16-15(17)13-7-9-14(10-8-13)20(2,18)19/h7-12H,3-6H2,1-2H3,(H,16,17)/t11-/m1/s1. The number of amides is 1. The Morgan fingerprint density at radius 1 is 1.20 bits per heavy atom. The fourth-order valence-corrected chi connectivity index (χ4v) is 3.35. The Labute approximate surface area is 120 Å². The molecule has 0 heterocycles. The van der Waals surface area contributed by atoms with Gasteiger partial charge >= 0.3 is 0 Å². The maximum atomic E-state index is 12.1. The number of hydrogen-bond donors (Lipinski definition) is 1. The molecule has 0 spiro atoms. The Morgan fingerprint density at radius 2 is 1.75 bits per heavy atom. The van der Waals surface area contributed by atoms with Gasteiger partial charge in [-0.25, -0.2) is 8.42 Å². The molecule has 0 bridgehead atoms. The van der Waals surface area contributed by atoms with Crippen molar-refractivity contribution in [3.8, 4) is 0 Å². The van der Waals surface area contributed by atoms with Crippen LogP contribution in [0.3, 0.4) is 0 Å². The van der Waals surface area contributed by atoms with E-state index in [1.807, 2.05) is 6.92 Å². The second kappa shape index (κ2) is 5.95. The first kappa shape index (κ1) is 15.0. The van der Waals surface area contributed by atoms with E-state index in [0.29, 0.717) is 11.5 Å². The van der Waals surface area contributed by atoms with Crippen LogP contribution in [0, 0.1) is 5.92 Å². The van der Waals surface area contributed by atoms with Crippen molar-refractivity contribution in [3.63, 3.8) is 0 Å². The van der Waals surface area contributed by atoms with E-state index in [2.05, 4.69) is 5.32 Å². The van der Waals surface area contributed by atoms with E-state index in [4.69, 9.17) is 0 Å². The molecule has 1 aliphatic carbocycles. The predicted octanol–water partition coefficient (Wildman–Crippen LogP) is 2.40. The molecule has 2 rings (SSSR count). The lowest BCUT2D eigenvalue weighted by atomic mass is 9.99. The van der Waals surface area contributed by atoms with Crippen molar-refractivity contribution in [2.45, 2.75) is 43.5 Å².